The lowest BCUT2D eigenvalue weighted by Crippen LogP contribution is -2.18. The number of aliphatic hydroxyl groups is 1. The van der Waals surface area contributed by atoms with Crippen molar-refractivity contribution in [1.82, 2.24) is 0 Å². The smallest absolute Gasteiger partial charge is 0.416 e. The molecule has 1 aliphatic rings. The zero-order valence-electron chi connectivity index (χ0n) is 16.0. The van der Waals surface area contributed by atoms with Crippen molar-refractivity contribution in [3.8, 4) is 0 Å². The predicted molar refractivity (Wildman–Crippen MR) is 112 cm³/mol. The molecule has 0 spiro atoms. The van der Waals surface area contributed by atoms with Gasteiger partial charge in [-0.2, -0.15) is 13.2 Å². The van der Waals surface area contributed by atoms with E-state index in [1.807, 2.05) is 0 Å². The summed E-state index contributed by atoms with van der Waals surface area (Å²) in [7, 11) is 0. The molecule has 0 amide bonds. The van der Waals surface area contributed by atoms with Crippen LogP contribution in [0.1, 0.15) is 44.9 Å². The second-order valence-electron chi connectivity index (χ2n) is 7.51. The number of carboxylic acids is 1. The number of hydrogen-bond acceptors (Lipinski definition) is 3. The Morgan fingerprint density at radius 1 is 1.27 bits per heavy atom. The number of carboxylic acid groups (broad SMARTS) is 1. The minimum atomic E-state index is -4.40. The zero-order valence-corrected chi connectivity index (χ0v) is 17.6. The molecular formula is C22H22ClF3O3S. The fourth-order valence-electron chi connectivity index (χ4n) is 3.91. The highest BCUT2D eigenvalue weighted by Gasteiger charge is 2.39. The lowest BCUT2D eigenvalue weighted by molar-refractivity contribution is -0.137. The van der Waals surface area contributed by atoms with Crippen molar-refractivity contribution in [1.29, 1.82) is 0 Å². The van der Waals surface area contributed by atoms with Crippen LogP contribution in [0.2, 0.25) is 0 Å². The number of hydrogen-bond donors (Lipinski definition) is 2. The van der Waals surface area contributed by atoms with Gasteiger partial charge in [0, 0.05) is 16.2 Å². The minimum Gasteiger partial charge on any atom is -0.477 e. The van der Waals surface area contributed by atoms with Gasteiger partial charge in [0.2, 0.25) is 0 Å². The molecule has 1 aromatic heterocycles. The third kappa shape index (κ3) is 5.65. The third-order valence-electron chi connectivity index (χ3n) is 5.43. The Bertz CT molecular complexity index is 909. The number of benzene rings is 1. The summed E-state index contributed by atoms with van der Waals surface area (Å²) in [6, 6.07) is 8.47. The number of aromatic carboxylic acids is 1. The first kappa shape index (κ1) is 22.8. The maximum atomic E-state index is 12.9. The molecule has 8 heteroatoms. The molecule has 1 aliphatic carbocycles. The molecule has 1 saturated carbocycles. The van der Waals surface area contributed by atoms with Gasteiger partial charge in [-0.1, -0.05) is 24.3 Å². The van der Waals surface area contributed by atoms with Gasteiger partial charge in [-0.25, -0.2) is 4.79 Å². The van der Waals surface area contributed by atoms with Crippen molar-refractivity contribution in [2.45, 2.75) is 43.3 Å². The quantitative estimate of drug-likeness (QED) is 0.492. The summed E-state index contributed by atoms with van der Waals surface area (Å²) >= 11 is 7.69. The molecule has 1 fully saturated rings. The Kier molecular flexibility index (Phi) is 7.26. The van der Waals surface area contributed by atoms with Gasteiger partial charge in [0.15, 0.2) is 0 Å². The van der Waals surface area contributed by atoms with Crippen LogP contribution < -0.4 is 0 Å². The number of thiophene rings is 1. The molecule has 0 aliphatic heterocycles. The van der Waals surface area contributed by atoms with E-state index in [0.717, 1.165) is 36.3 Å². The number of alkyl halides is 4. The third-order valence-corrected chi connectivity index (χ3v) is 7.06. The summed E-state index contributed by atoms with van der Waals surface area (Å²) in [6.45, 7) is 0. The molecule has 30 heavy (non-hydrogen) atoms. The van der Waals surface area contributed by atoms with Gasteiger partial charge in [-0.05, 0) is 61.4 Å². The van der Waals surface area contributed by atoms with E-state index < -0.39 is 23.8 Å². The van der Waals surface area contributed by atoms with Gasteiger partial charge >= 0.3 is 12.1 Å². The number of carbonyl (C=O) groups is 1. The van der Waals surface area contributed by atoms with E-state index in [-0.39, 0.29) is 17.2 Å². The Balaban J connectivity index is 1.64. The van der Waals surface area contributed by atoms with Crippen molar-refractivity contribution >= 4 is 35.0 Å². The first-order valence-corrected chi connectivity index (χ1v) is 10.9. The van der Waals surface area contributed by atoms with Crippen LogP contribution in [0.3, 0.4) is 0 Å². The molecule has 1 heterocycles. The van der Waals surface area contributed by atoms with Crippen LogP contribution in [0.15, 0.2) is 42.5 Å². The average molecular weight is 459 g/mol. The molecular weight excluding hydrogens is 437 g/mol. The molecule has 1 unspecified atom stereocenters. The standard InChI is InChI=1S/C22H22ClF3O3S/c23-18-12-19(27)17(9-7-13-3-1-4-14(11-13)22(24,25)26)16(18)6-2-5-15-8-10-20(30-15)21(28)29/h1,3-4,7-11,16-19,27H,2,5-6,12H2,(H,28,29)/b9-7+/t16-,17-,18?,19-/m1/s1. The Labute approximate surface area is 181 Å². The number of aryl methyl sites for hydroxylation is 1. The number of aliphatic hydroxyl groups excluding tert-OH is 1. The van der Waals surface area contributed by atoms with Gasteiger partial charge in [0.25, 0.3) is 0 Å². The fraction of sp³-hybridized carbons (Fsp3) is 0.409. The summed E-state index contributed by atoms with van der Waals surface area (Å²) in [5.74, 6) is -1.17. The van der Waals surface area contributed by atoms with E-state index in [1.54, 1.807) is 30.4 Å². The molecule has 3 nitrogen and oxygen atoms in total. The highest BCUT2D eigenvalue weighted by molar-refractivity contribution is 7.13. The summed E-state index contributed by atoms with van der Waals surface area (Å²) in [5, 5.41) is 19.2. The van der Waals surface area contributed by atoms with Crippen LogP contribution >= 0.6 is 22.9 Å². The van der Waals surface area contributed by atoms with Crippen molar-refractivity contribution in [3.05, 3.63) is 63.4 Å². The molecule has 2 aromatic rings. The molecule has 3 rings (SSSR count). The Hall–Kier alpha value is -1.83. The molecule has 4 atom stereocenters. The van der Waals surface area contributed by atoms with Crippen LogP contribution in [0.5, 0.6) is 0 Å². The highest BCUT2D eigenvalue weighted by atomic mass is 35.5. The van der Waals surface area contributed by atoms with E-state index >= 15 is 0 Å². The van der Waals surface area contributed by atoms with Gasteiger partial charge in [0.05, 0.1) is 11.7 Å². The van der Waals surface area contributed by atoms with E-state index in [9.17, 15) is 23.1 Å². The van der Waals surface area contributed by atoms with Gasteiger partial charge in [-0.3, -0.25) is 0 Å². The Morgan fingerprint density at radius 2 is 2.03 bits per heavy atom. The van der Waals surface area contributed by atoms with Crippen LogP contribution in [-0.2, 0) is 12.6 Å². The molecule has 1 aromatic carbocycles. The summed E-state index contributed by atoms with van der Waals surface area (Å²) in [5.41, 5.74) is -0.284. The maximum Gasteiger partial charge on any atom is 0.416 e. The normalized spacial score (nSPS) is 24.6. The first-order valence-electron chi connectivity index (χ1n) is 9.65. The van der Waals surface area contributed by atoms with Crippen LogP contribution in [0.4, 0.5) is 13.2 Å². The summed E-state index contributed by atoms with van der Waals surface area (Å²) < 4.78 is 38.7. The van der Waals surface area contributed by atoms with Crippen LogP contribution in [0.25, 0.3) is 6.08 Å². The van der Waals surface area contributed by atoms with Crippen molar-refractivity contribution in [2.24, 2.45) is 11.8 Å². The number of halogens is 4. The van der Waals surface area contributed by atoms with Gasteiger partial charge in [0.1, 0.15) is 4.88 Å². The maximum absolute atomic E-state index is 12.9. The summed E-state index contributed by atoms with van der Waals surface area (Å²) in [6.07, 6.45) is 1.02. The minimum absolute atomic E-state index is 0.00243. The molecule has 0 bridgehead atoms. The highest BCUT2D eigenvalue weighted by Crippen LogP contribution is 2.40. The predicted octanol–water partition coefficient (Wildman–Crippen LogP) is 6.11. The lowest BCUT2D eigenvalue weighted by Gasteiger charge is -2.20. The summed E-state index contributed by atoms with van der Waals surface area (Å²) in [4.78, 5) is 12.3. The molecule has 0 saturated heterocycles. The zero-order chi connectivity index (χ0) is 21.9. The van der Waals surface area contributed by atoms with E-state index in [1.165, 1.54) is 17.4 Å². The van der Waals surface area contributed by atoms with Gasteiger partial charge in [-0.15, -0.1) is 22.9 Å². The van der Waals surface area contributed by atoms with E-state index in [0.29, 0.717) is 16.9 Å². The van der Waals surface area contributed by atoms with Crippen molar-refractivity contribution < 1.29 is 28.2 Å². The molecule has 2 N–H and O–H groups in total. The monoisotopic (exact) mass is 458 g/mol. The molecule has 0 radical (unpaired) electrons. The lowest BCUT2D eigenvalue weighted by atomic mass is 9.89. The topological polar surface area (TPSA) is 57.5 Å². The number of rotatable bonds is 7. The van der Waals surface area contributed by atoms with Crippen molar-refractivity contribution in [3.63, 3.8) is 0 Å². The second kappa shape index (κ2) is 9.54. The molecule has 162 valence electrons. The largest absolute Gasteiger partial charge is 0.477 e. The average Bonchev–Trinajstić information content (AvgIpc) is 3.25. The van der Waals surface area contributed by atoms with Gasteiger partial charge < -0.3 is 10.2 Å². The van der Waals surface area contributed by atoms with E-state index in [4.69, 9.17) is 16.7 Å². The van der Waals surface area contributed by atoms with Crippen LogP contribution in [0, 0.1) is 11.8 Å². The fourth-order valence-corrected chi connectivity index (χ4v) is 5.28. The Morgan fingerprint density at radius 3 is 2.70 bits per heavy atom. The SMILES string of the molecule is O=C(O)c1ccc(CCC[C@H]2C(Cl)C[C@@H](O)[C@@H]2/C=C/c2cccc(C(F)(F)F)c2)s1. The van der Waals surface area contributed by atoms with Crippen LogP contribution in [-0.4, -0.2) is 27.7 Å². The first-order chi connectivity index (χ1) is 14.1. The van der Waals surface area contributed by atoms with Crippen molar-refractivity contribution in [2.75, 3.05) is 0 Å². The van der Waals surface area contributed by atoms with E-state index in [2.05, 4.69) is 0 Å². The second-order valence-corrected chi connectivity index (χ2v) is 9.23.